The summed E-state index contributed by atoms with van der Waals surface area (Å²) in [5.74, 6) is -0.971. The number of hydrogen-bond acceptors (Lipinski definition) is 6. The lowest BCUT2D eigenvalue weighted by atomic mass is 10.0. The standard InChI is InChI=1S/C24H30N2O6/c1-15(2)22(26-23(28)18-11-19(30-4)13-20(12-18)31-5)24(29)32-14-21(27)25-16(3)17-9-7-6-8-10-17/h6-13,15-16,22H,14H2,1-5H3,(H,25,27)(H,26,28)/t16?,22-/m1/s1. The number of amides is 2. The van der Waals surface area contributed by atoms with Crippen molar-refractivity contribution >= 4 is 17.8 Å². The predicted molar refractivity (Wildman–Crippen MR) is 120 cm³/mol. The lowest BCUT2D eigenvalue weighted by molar-refractivity contribution is -0.151. The Kier molecular flexibility index (Phi) is 9.07. The summed E-state index contributed by atoms with van der Waals surface area (Å²) >= 11 is 0. The number of esters is 1. The highest BCUT2D eigenvalue weighted by Crippen LogP contribution is 2.22. The van der Waals surface area contributed by atoms with Crippen LogP contribution in [0.1, 0.15) is 42.7 Å². The van der Waals surface area contributed by atoms with Crippen molar-refractivity contribution in [3.63, 3.8) is 0 Å². The van der Waals surface area contributed by atoms with Gasteiger partial charge in [0.2, 0.25) is 0 Å². The quantitative estimate of drug-likeness (QED) is 0.549. The monoisotopic (exact) mass is 442 g/mol. The molecule has 2 rings (SSSR count). The van der Waals surface area contributed by atoms with Gasteiger partial charge in [0, 0.05) is 11.6 Å². The number of nitrogens with one attached hydrogen (secondary N) is 2. The molecule has 2 atom stereocenters. The van der Waals surface area contributed by atoms with E-state index in [1.54, 1.807) is 32.0 Å². The van der Waals surface area contributed by atoms with E-state index in [9.17, 15) is 14.4 Å². The summed E-state index contributed by atoms with van der Waals surface area (Å²) in [4.78, 5) is 37.5. The largest absolute Gasteiger partial charge is 0.497 e. The van der Waals surface area contributed by atoms with Crippen molar-refractivity contribution in [1.29, 1.82) is 0 Å². The molecule has 32 heavy (non-hydrogen) atoms. The van der Waals surface area contributed by atoms with E-state index in [0.717, 1.165) is 5.56 Å². The van der Waals surface area contributed by atoms with Crippen molar-refractivity contribution < 1.29 is 28.6 Å². The summed E-state index contributed by atoms with van der Waals surface area (Å²) in [5.41, 5.74) is 1.21. The number of benzene rings is 2. The molecule has 0 radical (unpaired) electrons. The van der Waals surface area contributed by atoms with Crippen LogP contribution in [0, 0.1) is 5.92 Å². The molecule has 2 N–H and O–H groups in total. The maximum Gasteiger partial charge on any atom is 0.329 e. The summed E-state index contributed by atoms with van der Waals surface area (Å²) in [6, 6.07) is 13.0. The van der Waals surface area contributed by atoms with E-state index in [1.165, 1.54) is 14.2 Å². The van der Waals surface area contributed by atoms with E-state index < -0.39 is 30.4 Å². The molecular weight excluding hydrogens is 412 g/mol. The number of rotatable bonds is 10. The van der Waals surface area contributed by atoms with Crippen LogP contribution in [0.3, 0.4) is 0 Å². The summed E-state index contributed by atoms with van der Waals surface area (Å²) in [5, 5.41) is 5.45. The molecule has 172 valence electrons. The Hall–Kier alpha value is -3.55. The number of carbonyl (C=O) groups is 3. The van der Waals surface area contributed by atoms with Gasteiger partial charge in [0.25, 0.3) is 11.8 Å². The highest BCUT2D eigenvalue weighted by Gasteiger charge is 2.27. The van der Waals surface area contributed by atoms with Gasteiger partial charge in [-0.2, -0.15) is 0 Å². The van der Waals surface area contributed by atoms with Gasteiger partial charge in [0.1, 0.15) is 17.5 Å². The van der Waals surface area contributed by atoms with Gasteiger partial charge in [-0.15, -0.1) is 0 Å². The molecule has 8 nitrogen and oxygen atoms in total. The second-order valence-electron chi connectivity index (χ2n) is 7.60. The molecular formula is C24H30N2O6. The molecule has 2 aromatic carbocycles. The van der Waals surface area contributed by atoms with Gasteiger partial charge < -0.3 is 24.8 Å². The molecule has 0 saturated heterocycles. The Balaban J connectivity index is 1.97. The van der Waals surface area contributed by atoms with Crippen LogP contribution in [0.25, 0.3) is 0 Å². The highest BCUT2D eigenvalue weighted by molar-refractivity contribution is 5.97. The zero-order valence-electron chi connectivity index (χ0n) is 19.0. The fourth-order valence-corrected chi connectivity index (χ4v) is 3.00. The molecule has 2 aromatic rings. The minimum Gasteiger partial charge on any atom is -0.497 e. The Morgan fingerprint density at radius 3 is 2.00 bits per heavy atom. The van der Waals surface area contributed by atoms with E-state index in [0.29, 0.717) is 11.5 Å². The van der Waals surface area contributed by atoms with Crippen LogP contribution >= 0.6 is 0 Å². The van der Waals surface area contributed by atoms with Crippen molar-refractivity contribution in [3.05, 3.63) is 59.7 Å². The van der Waals surface area contributed by atoms with Crippen molar-refractivity contribution in [1.82, 2.24) is 10.6 Å². The van der Waals surface area contributed by atoms with Gasteiger partial charge in [-0.3, -0.25) is 9.59 Å². The van der Waals surface area contributed by atoms with Crippen molar-refractivity contribution in [2.75, 3.05) is 20.8 Å². The van der Waals surface area contributed by atoms with Crippen molar-refractivity contribution in [2.45, 2.75) is 32.9 Å². The smallest absolute Gasteiger partial charge is 0.329 e. The van der Waals surface area contributed by atoms with E-state index >= 15 is 0 Å². The van der Waals surface area contributed by atoms with Crippen LogP contribution in [0.2, 0.25) is 0 Å². The SMILES string of the molecule is COc1cc(OC)cc(C(=O)N[C@@H](C(=O)OCC(=O)NC(C)c2ccccc2)C(C)C)c1. The normalized spacial score (nSPS) is 12.4. The first-order valence-electron chi connectivity index (χ1n) is 10.3. The third kappa shape index (κ3) is 7.01. The second kappa shape index (κ2) is 11.7. The summed E-state index contributed by atoms with van der Waals surface area (Å²) in [6.45, 7) is 4.95. The Morgan fingerprint density at radius 2 is 1.47 bits per heavy atom. The van der Waals surface area contributed by atoms with E-state index in [4.69, 9.17) is 14.2 Å². The molecule has 0 saturated carbocycles. The Bertz CT molecular complexity index is 907. The molecule has 1 unspecified atom stereocenters. The molecule has 8 heteroatoms. The molecule has 0 aliphatic heterocycles. The highest BCUT2D eigenvalue weighted by atomic mass is 16.5. The molecule has 0 spiro atoms. The average Bonchev–Trinajstić information content (AvgIpc) is 2.80. The van der Waals surface area contributed by atoms with Crippen LogP contribution in [-0.4, -0.2) is 44.7 Å². The van der Waals surface area contributed by atoms with Gasteiger partial charge in [0.05, 0.1) is 20.3 Å². The first-order valence-corrected chi connectivity index (χ1v) is 10.3. The van der Waals surface area contributed by atoms with E-state index in [1.807, 2.05) is 37.3 Å². The minimum absolute atomic E-state index is 0.231. The van der Waals surface area contributed by atoms with Gasteiger partial charge in [-0.05, 0) is 30.5 Å². The predicted octanol–water partition coefficient (Wildman–Crippen LogP) is 2.88. The first-order chi connectivity index (χ1) is 15.2. The fraction of sp³-hybridized carbons (Fsp3) is 0.375. The average molecular weight is 443 g/mol. The van der Waals surface area contributed by atoms with Gasteiger partial charge in [0.15, 0.2) is 6.61 Å². The zero-order valence-corrected chi connectivity index (χ0v) is 19.0. The third-order valence-corrected chi connectivity index (χ3v) is 4.84. The van der Waals surface area contributed by atoms with Gasteiger partial charge >= 0.3 is 5.97 Å². The van der Waals surface area contributed by atoms with Crippen LogP contribution in [0.15, 0.2) is 48.5 Å². The van der Waals surface area contributed by atoms with Crippen LogP contribution in [-0.2, 0) is 14.3 Å². The molecule has 0 aliphatic carbocycles. The van der Waals surface area contributed by atoms with Crippen LogP contribution < -0.4 is 20.1 Å². The van der Waals surface area contributed by atoms with Gasteiger partial charge in [-0.25, -0.2) is 4.79 Å². The zero-order chi connectivity index (χ0) is 23.7. The first kappa shape index (κ1) is 24.7. The van der Waals surface area contributed by atoms with E-state index in [-0.39, 0.29) is 17.5 Å². The molecule has 0 bridgehead atoms. The van der Waals surface area contributed by atoms with E-state index in [2.05, 4.69) is 10.6 Å². The number of methoxy groups -OCH3 is 2. The molecule has 0 aromatic heterocycles. The summed E-state index contributed by atoms with van der Waals surface area (Å²) < 4.78 is 15.5. The van der Waals surface area contributed by atoms with Crippen molar-refractivity contribution in [2.24, 2.45) is 5.92 Å². The number of hydrogen-bond donors (Lipinski definition) is 2. The van der Waals surface area contributed by atoms with Gasteiger partial charge in [-0.1, -0.05) is 44.2 Å². The molecule has 0 fully saturated rings. The molecule has 2 amide bonds. The topological polar surface area (TPSA) is 103 Å². The van der Waals surface area contributed by atoms with Crippen LogP contribution in [0.5, 0.6) is 11.5 Å². The fourth-order valence-electron chi connectivity index (χ4n) is 3.00. The number of carbonyl (C=O) groups excluding carboxylic acids is 3. The maximum atomic E-state index is 12.7. The van der Waals surface area contributed by atoms with Crippen LogP contribution in [0.4, 0.5) is 0 Å². The molecule has 0 heterocycles. The molecule has 0 aliphatic rings. The lowest BCUT2D eigenvalue weighted by Gasteiger charge is -2.21. The maximum absolute atomic E-state index is 12.7. The second-order valence-corrected chi connectivity index (χ2v) is 7.60. The van der Waals surface area contributed by atoms with Crippen molar-refractivity contribution in [3.8, 4) is 11.5 Å². The summed E-state index contributed by atoms with van der Waals surface area (Å²) in [7, 11) is 2.96. The Labute approximate surface area is 188 Å². The summed E-state index contributed by atoms with van der Waals surface area (Å²) in [6.07, 6.45) is 0. The third-order valence-electron chi connectivity index (χ3n) is 4.84. The number of ether oxygens (including phenoxy) is 3. The minimum atomic E-state index is -0.931. The Morgan fingerprint density at radius 1 is 0.875 bits per heavy atom. The lowest BCUT2D eigenvalue weighted by Crippen LogP contribution is -2.46.